The van der Waals surface area contributed by atoms with E-state index in [4.69, 9.17) is 19.6 Å². The quantitative estimate of drug-likeness (QED) is 0.501. The van der Waals surface area contributed by atoms with Crippen molar-refractivity contribution in [2.24, 2.45) is 0 Å². The predicted molar refractivity (Wildman–Crippen MR) is 116 cm³/mol. The zero-order chi connectivity index (χ0) is 22.3. The van der Waals surface area contributed by atoms with Gasteiger partial charge < -0.3 is 19.4 Å². The lowest BCUT2D eigenvalue weighted by molar-refractivity contribution is -0.0730. The Kier molecular flexibility index (Phi) is 7.16. The van der Waals surface area contributed by atoms with Crippen LogP contribution >= 0.6 is 0 Å². The highest BCUT2D eigenvalue weighted by Gasteiger charge is 2.36. The topological polar surface area (TPSA) is 98.7 Å². The molecule has 2 aromatic carbocycles. The third kappa shape index (κ3) is 5.53. The van der Waals surface area contributed by atoms with Crippen LogP contribution in [-0.2, 0) is 34.0 Å². The van der Waals surface area contributed by atoms with Crippen LogP contribution in [0.3, 0.4) is 0 Å². The SMILES string of the molecule is N=c1ccn(C[C@H]2C[C@H](OCc3ccccc3)[C@@H](COCc3ccccc3)O2)c(=O)n1O. The summed E-state index contributed by atoms with van der Waals surface area (Å²) in [5.41, 5.74) is 1.21. The summed E-state index contributed by atoms with van der Waals surface area (Å²) in [5.74, 6) is 0. The molecule has 0 unspecified atom stereocenters. The van der Waals surface area contributed by atoms with Crippen LogP contribution in [0.5, 0.6) is 0 Å². The molecule has 0 aliphatic carbocycles. The van der Waals surface area contributed by atoms with Crippen LogP contribution in [-0.4, -0.2) is 39.4 Å². The molecular formula is C24H27N3O5. The van der Waals surface area contributed by atoms with E-state index >= 15 is 0 Å². The highest BCUT2D eigenvalue weighted by atomic mass is 16.6. The lowest BCUT2D eigenvalue weighted by atomic mass is 10.1. The highest BCUT2D eigenvalue weighted by Crippen LogP contribution is 2.26. The van der Waals surface area contributed by atoms with Gasteiger partial charge in [0.05, 0.1) is 38.6 Å². The molecule has 2 N–H and O–H groups in total. The lowest BCUT2D eigenvalue weighted by Gasteiger charge is -2.19. The minimum atomic E-state index is -0.674. The molecular weight excluding hydrogens is 410 g/mol. The van der Waals surface area contributed by atoms with Gasteiger partial charge in [-0.15, -0.1) is 4.73 Å². The van der Waals surface area contributed by atoms with Crippen LogP contribution in [0.15, 0.2) is 77.7 Å². The van der Waals surface area contributed by atoms with Crippen molar-refractivity contribution in [2.45, 2.75) is 44.5 Å². The maximum absolute atomic E-state index is 12.2. The summed E-state index contributed by atoms with van der Waals surface area (Å²) in [6, 6.07) is 21.2. The third-order valence-corrected chi connectivity index (χ3v) is 5.45. The van der Waals surface area contributed by atoms with E-state index in [1.807, 2.05) is 60.7 Å². The molecule has 8 nitrogen and oxygen atoms in total. The van der Waals surface area contributed by atoms with E-state index in [1.165, 1.54) is 16.8 Å². The third-order valence-electron chi connectivity index (χ3n) is 5.45. The number of aromatic nitrogens is 2. The van der Waals surface area contributed by atoms with E-state index in [0.717, 1.165) is 11.1 Å². The van der Waals surface area contributed by atoms with Crippen molar-refractivity contribution in [3.8, 4) is 0 Å². The first-order chi connectivity index (χ1) is 15.6. The summed E-state index contributed by atoms with van der Waals surface area (Å²) in [6.45, 7) is 1.55. The summed E-state index contributed by atoms with van der Waals surface area (Å²) in [5, 5.41) is 17.2. The van der Waals surface area contributed by atoms with Crippen LogP contribution < -0.4 is 11.2 Å². The minimum absolute atomic E-state index is 0.191. The Balaban J connectivity index is 1.41. The van der Waals surface area contributed by atoms with Gasteiger partial charge in [0.15, 0.2) is 5.49 Å². The number of benzene rings is 2. The summed E-state index contributed by atoms with van der Waals surface area (Å²) < 4.78 is 19.9. The zero-order valence-electron chi connectivity index (χ0n) is 17.7. The molecule has 0 radical (unpaired) electrons. The van der Waals surface area contributed by atoms with E-state index in [9.17, 15) is 10.0 Å². The summed E-state index contributed by atoms with van der Waals surface area (Å²) in [7, 11) is 0. The molecule has 1 aliphatic heterocycles. The molecule has 1 fully saturated rings. The molecule has 32 heavy (non-hydrogen) atoms. The first-order valence-electron chi connectivity index (χ1n) is 10.6. The molecule has 8 heteroatoms. The molecule has 2 heterocycles. The van der Waals surface area contributed by atoms with Gasteiger partial charge in [0.25, 0.3) is 0 Å². The Bertz CT molecular complexity index is 1110. The van der Waals surface area contributed by atoms with Crippen LogP contribution in [0.2, 0.25) is 0 Å². The van der Waals surface area contributed by atoms with E-state index in [-0.39, 0.29) is 30.3 Å². The van der Waals surface area contributed by atoms with Gasteiger partial charge in [-0.1, -0.05) is 60.7 Å². The fraction of sp³-hybridized carbons (Fsp3) is 0.333. The van der Waals surface area contributed by atoms with Crippen molar-refractivity contribution in [2.75, 3.05) is 6.61 Å². The Morgan fingerprint density at radius 3 is 2.34 bits per heavy atom. The second-order valence-corrected chi connectivity index (χ2v) is 7.82. The van der Waals surface area contributed by atoms with Crippen LogP contribution in [0, 0.1) is 5.41 Å². The monoisotopic (exact) mass is 437 g/mol. The van der Waals surface area contributed by atoms with Crippen LogP contribution in [0.4, 0.5) is 0 Å². The van der Waals surface area contributed by atoms with Crippen molar-refractivity contribution >= 4 is 0 Å². The molecule has 0 spiro atoms. The van der Waals surface area contributed by atoms with Gasteiger partial charge >= 0.3 is 5.69 Å². The normalized spacial score (nSPS) is 20.4. The number of rotatable bonds is 9. The predicted octanol–water partition coefficient (Wildman–Crippen LogP) is 2.33. The van der Waals surface area contributed by atoms with Gasteiger partial charge in [0.1, 0.15) is 6.10 Å². The van der Waals surface area contributed by atoms with Gasteiger partial charge in [-0.05, 0) is 11.1 Å². The van der Waals surface area contributed by atoms with E-state index in [2.05, 4.69) is 0 Å². The maximum atomic E-state index is 12.2. The molecule has 3 atom stereocenters. The molecule has 3 aromatic rings. The number of ether oxygens (including phenoxy) is 3. The minimum Gasteiger partial charge on any atom is -0.422 e. The van der Waals surface area contributed by atoms with Gasteiger partial charge in [-0.25, -0.2) is 4.79 Å². The van der Waals surface area contributed by atoms with E-state index < -0.39 is 5.69 Å². The van der Waals surface area contributed by atoms with Gasteiger partial charge in [-0.3, -0.25) is 9.98 Å². The Morgan fingerprint density at radius 1 is 1.00 bits per heavy atom. The summed E-state index contributed by atoms with van der Waals surface area (Å²) in [4.78, 5) is 12.2. The maximum Gasteiger partial charge on any atom is 0.362 e. The average Bonchev–Trinajstić information content (AvgIpc) is 3.21. The molecule has 4 rings (SSSR count). The van der Waals surface area contributed by atoms with Gasteiger partial charge in [-0.2, -0.15) is 0 Å². The van der Waals surface area contributed by atoms with Crippen molar-refractivity contribution in [1.82, 2.24) is 9.30 Å². The Hall–Kier alpha value is -3.20. The van der Waals surface area contributed by atoms with Crippen molar-refractivity contribution in [3.63, 3.8) is 0 Å². The Labute approximate surface area is 185 Å². The molecule has 0 amide bonds. The van der Waals surface area contributed by atoms with Crippen LogP contribution in [0.1, 0.15) is 17.5 Å². The highest BCUT2D eigenvalue weighted by molar-refractivity contribution is 5.14. The molecule has 1 aliphatic rings. The van der Waals surface area contributed by atoms with E-state index in [0.29, 0.717) is 31.0 Å². The summed E-state index contributed by atoms with van der Waals surface area (Å²) in [6.07, 6.45) is 1.32. The summed E-state index contributed by atoms with van der Waals surface area (Å²) >= 11 is 0. The standard InChI is InChI=1S/C24H27N3O5/c25-23-11-12-26(24(28)27(23)29)14-20-13-21(31-16-19-9-5-2-6-10-19)22(32-20)17-30-15-18-7-3-1-4-8-18/h1-12,20-22,25,29H,13-17H2/t20-,21+,22-/m1/s1. The largest absolute Gasteiger partial charge is 0.422 e. The van der Waals surface area contributed by atoms with Gasteiger partial charge in [0.2, 0.25) is 0 Å². The lowest BCUT2D eigenvalue weighted by Crippen LogP contribution is -2.39. The smallest absolute Gasteiger partial charge is 0.362 e. The number of nitrogens with zero attached hydrogens (tertiary/aromatic N) is 2. The average molecular weight is 437 g/mol. The van der Waals surface area contributed by atoms with Crippen molar-refractivity contribution < 1.29 is 19.4 Å². The van der Waals surface area contributed by atoms with Crippen LogP contribution in [0.25, 0.3) is 0 Å². The van der Waals surface area contributed by atoms with Crippen molar-refractivity contribution in [3.05, 3.63) is 100 Å². The molecule has 1 aromatic heterocycles. The first kappa shape index (κ1) is 22.0. The number of hydrogen-bond acceptors (Lipinski definition) is 6. The second-order valence-electron chi connectivity index (χ2n) is 7.82. The second kappa shape index (κ2) is 10.4. The molecule has 1 saturated heterocycles. The van der Waals surface area contributed by atoms with E-state index in [1.54, 1.807) is 0 Å². The van der Waals surface area contributed by atoms with Gasteiger partial charge in [0, 0.05) is 18.7 Å². The fourth-order valence-electron chi connectivity index (χ4n) is 3.76. The molecule has 0 bridgehead atoms. The number of nitrogens with one attached hydrogen (secondary N) is 1. The Morgan fingerprint density at radius 2 is 1.66 bits per heavy atom. The zero-order valence-corrected chi connectivity index (χ0v) is 17.7. The molecule has 0 saturated carbocycles. The first-order valence-corrected chi connectivity index (χ1v) is 10.6. The number of hydrogen-bond donors (Lipinski definition) is 2. The molecule has 168 valence electrons. The fourth-order valence-corrected chi connectivity index (χ4v) is 3.76. The van der Waals surface area contributed by atoms with Crippen molar-refractivity contribution in [1.29, 1.82) is 5.41 Å².